The van der Waals surface area contributed by atoms with Crippen LogP contribution in [0.1, 0.15) is 0 Å². The molecule has 236 valence electrons. The van der Waals surface area contributed by atoms with Gasteiger partial charge in [-0.3, -0.25) is 0 Å². The van der Waals surface area contributed by atoms with Crippen LogP contribution in [0.5, 0.6) is 0 Å². The Bertz CT molecular complexity index is 1550. The predicted molar refractivity (Wildman–Crippen MR) is 115 cm³/mol. The molecule has 0 amide bonds. The van der Waals surface area contributed by atoms with E-state index < -0.39 is 123 Å². The average Bonchev–Trinajstić information content (AvgIpc) is 2.97. The van der Waals surface area contributed by atoms with Gasteiger partial charge in [0.15, 0.2) is 81.4 Å². The number of rotatable bonds is 2. The molecule has 0 aromatic heterocycles. The van der Waals surface area contributed by atoms with Crippen molar-refractivity contribution in [3.8, 4) is 22.3 Å². The molecule has 0 aliphatic rings. The van der Waals surface area contributed by atoms with Crippen LogP contribution in [-0.2, 0) is 0 Å². The summed E-state index contributed by atoms with van der Waals surface area (Å²) in [5.74, 6) is -35.2. The van der Waals surface area contributed by atoms with Gasteiger partial charge in [0.1, 0.15) is 0 Å². The third-order valence-electron chi connectivity index (χ3n) is 5.03. The molecule has 0 heterocycles. The molecule has 4 aromatic carbocycles. The highest BCUT2D eigenvalue weighted by Gasteiger charge is 2.30. The topological polar surface area (TPSA) is 60.7 Å². The minimum absolute atomic E-state index is 0.297. The lowest BCUT2D eigenvalue weighted by molar-refractivity contribution is 0.278. The van der Waals surface area contributed by atoms with Gasteiger partial charge in [-0.2, -0.15) is 0 Å². The molecule has 0 spiro atoms. The fraction of sp³-hybridized carbons (Fsp3) is 0. The maximum Gasteiger partial charge on any atom is 0.631 e. The van der Waals surface area contributed by atoms with Crippen LogP contribution >= 0.6 is 0 Å². The third kappa shape index (κ3) is 6.92. The Morgan fingerprint density at radius 1 is 0.295 bits per heavy atom. The average molecular weight is 658 g/mol. The van der Waals surface area contributed by atoms with Crippen molar-refractivity contribution < 1.29 is 85.3 Å². The maximum absolute atomic E-state index is 13.4. The Labute approximate surface area is 233 Å². The van der Waals surface area contributed by atoms with Gasteiger partial charge >= 0.3 is 7.32 Å². The van der Waals surface area contributed by atoms with Crippen molar-refractivity contribution in [2.75, 3.05) is 0 Å². The highest BCUT2D eigenvalue weighted by Crippen LogP contribution is 2.35. The van der Waals surface area contributed by atoms with Gasteiger partial charge < -0.3 is 15.1 Å². The highest BCUT2D eigenvalue weighted by molar-refractivity contribution is 6.30. The van der Waals surface area contributed by atoms with Crippen molar-refractivity contribution in [1.82, 2.24) is 0 Å². The first-order valence-electron chi connectivity index (χ1n) is 10.6. The standard InChI is InChI=1S/2C12H2F8.BH3O3/c2*13-4-2-1-3(6(14)7(4)15)5-8(16)10(18)12(20)11(19)9(5)17;2-1(3)4/h2*1-2H;2-4H. The summed E-state index contributed by atoms with van der Waals surface area (Å²) in [5, 5.41) is 21.5. The van der Waals surface area contributed by atoms with Gasteiger partial charge in [-0.05, 0) is 24.3 Å². The molecular formula is C24H7BF16O3. The van der Waals surface area contributed by atoms with Crippen LogP contribution in [-0.4, -0.2) is 22.4 Å². The van der Waals surface area contributed by atoms with Crippen molar-refractivity contribution in [2.45, 2.75) is 0 Å². The minimum atomic E-state index is -2.44. The number of hydrogen-bond acceptors (Lipinski definition) is 3. The zero-order chi connectivity index (χ0) is 34.0. The summed E-state index contributed by atoms with van der Waals surface area (Å²) in [5.41, 5.74) is -5.90. The predicted octanol–water partition coefficient (Wildman–Crippen LogP) is 6.88. The summed E-state index contributed by atoms with van der Waals surface area (Å²) >= 11 is 0. The highest BCUT2D eigenvalue weighted by atomic mass is 19.2. The SMILES string of the molecule is Fc1ccc(-c2c(F)c(F)c(F)c(F)c2F)c(F)c1F.Fc1ccc(-c2c(F)c(F)c(F)c(F)c2F)c(F)c1F.OB(O)O. The maximum atomic E-state index is 13.4. The zero-order valence-corrected chi connectivity index (χ0v) is 20.3. The van der Waals surface area contributed by atoms with E-state index in [0.717, 1.165) is 0 Å². The van der Waals surface area contributed by atoms with Crippen LogP contribution in [0, 0.1) is 93.1 Å². The lowest BCUT2D eigenvalue weighted by Gasteiger charge is -2.09. The third-order valence-corrected chi connectivity index (χ3v) is 5.03. The van der Waals surface area contributed by atoms with E-state index in [1.807, 2.05) is 0 Å². The number of halogens is 16. The van der Waals surface area contributed by atoms with Crippen LogP contribution in [0.3, 0.4) is 0 Å². The van der Waals surface area contributed by atoms with Crippen LogP contribution in [0.2, 0.25) is 0 Å². The molecule has 20 heteroatoms. The Morgan fingerprint density at radius 3 is 0.727 bits per heavy atom. The Balaban J connectivity index is 0.000000274. The molecular weight excluding hydrogens is 651 g/mol. The molecule has 0 saturated heterocycles. The van der Waals surface area contributed by atoms with Gasteiger partial charge in [0, 0.05) is 11.1 Å². The molecule has 0 fully saturated rings. The van der Waals surface area contributed by atoms with Gasteiger partial charge in [0.05, 0.1) is 11.1 Å². The summed E-state index contributed by atoms with van der Waals surface area (Å²) in [7, 11) is -2.17. The molecule has 0 aliphatic heterocycles. The molecule has 0 saturated carbocycles. The summed E-state index contributed by atoms with van der Waals surface area (Å²) < 4.78 is 209. The Morgan fingerprint density at radius 2 is 0.500 bits per heavy atom. The number of hydrogen-bond donors (Lipinski definition) is 3. The van der Waals surface area contributed by atoms with E-state index in [9.17, 15) is 70.2 Å². The molecule has 0 radical (unpaired) electrons. The summed E-state index contributed by atoms with van der Waals surface area (Å²) in [6.45, 7) is 0. The molecule has 0 bridgehead atoms. The molecule has 0 atom stereocenters. The second-order valence-electron chi connectivity index (χ2n) is 7.68. The number of benzene rings is 4. The van der Waals surface area contributed by atoms with Crippen LogP contribution in [0.4, 0.5) is 70.2 Å². The van der Waals surface area contributed by atoms with E-state index in [4.69, 9.17) is 15.1 Å². The van der Waals surface area contributed by atoms with Gasteiger partial charge in [-0.1, -0.05) is 0 Å². The van der Waals surface area contributed by atoms with Crippen molar-refractivity contribution >= 4 is 7.32 Å². The van der Waals surface area contributed by atoms with E-state index in [0.29, 0.717) is 24.3 Å². The van der Waals surface area contributed by atoms with Crippen molar-refractivity contribution in [3.63, 3.8) is 0 Å². The largest absolute Gasteiger partial charge is 0.631 e. The Hall–Kier alpha value is -4.30. The molecule has 3 N–H and O–H groups in total. The second-order valence-corrected chi connectivity index (χ2v) is 7.68. The van der Waals surface area contributed by atoms with Crippen LogP contribution in [0.25, 0.3) is 22.3 Å². The molecule has 44 heavy (non-hydrogen) atoms. The summed E-state index contributed by atoms with van der Waals surface area (Å²) in [4.78, 5) is 0. The first-order valence-corrected chi connectivity index (χ1v) is 10.6. The van der Waals surface area contributed by atoms with Crippen molar-refractivity contribution in [1.29, 1.82) is 0 Å². The van der Waals surface area contributed by atoms with E-state index in [1.54, 1.807) is 0 Å². The van der Waals surface area contributed by atoms with Crippen LogP contribution in [0.15, 0.2) is 24.3 Å². The zero-order valence-electron chi connectivity index (χ0n) is 20.3. The second kappa shape index (κ2) is 14.0. The van der Waals surface area contributed by atoms with Gasteiger partial charge in [0.2, 0.25) is 11.6 Å². The summed E-state index contributed by atoms with van der Waals surface area (Å²) in [6.07, 6.45) is 0. The lowest BCUT2D eigenvalue weighted by Crippen LogP contribution is -2.07. The van der Waals surface area contributed by atoms with E-state index in [-0.39, 0.29) is 0 Å². The van der Waals surface area contributed by atoms with Crippen molar-refractivity contribution in [2.24, 2.45) is 0 Å². The first-order chi connectivity index (χ1) is 20.3. The fourth-order valence-corrected chi connectivity index (χ4v) is 3.12. The molecule has 3 nitrogen and oxygen atoms in total. The van der Waals surface area contributed by atoms with Crippen molar-refractivity contribution in [3.05, 3.63) is 117 Å². The van der Waals surface area contributed by atoms with Gasteiger partial charge in [-0.25, -0.2) is 70.2 Å². The van der Waals surface area contributed by atoms with E-state index >= 15 is 0 Å². The lowest BCUT2D eigenvalue weighted by atomic mass is 10.0. The van der Waals surface area contributed by atoms with Gasteiger partial charge in [0.25, 0.3) is 0 Å². The fourth-order valence-electron chi connectivity index (χ4n) is 3.12. The van der Waals surface area contributed by atoms with E-state index in [2.05, 4.69) is 0 Å². The van der Waals surface area contributed by atoms with Crippen LogP contribution < -0.4 is 0 Å². The first kappa shape index (κ1) is 35.9. The molecule has 0 unspecified atom stereocenters. The molecule has 0 aliphatic carbocycles. The Kier molecular flexibility index (Phi) is 11.4. The summed E-state index contributed by atoms with van der Waals surface area (Å²) in [6, 6.07) is 1.33. The minimum Gasteiger partial charge on any atom is -0.402 e. The quantitative estimate of drug-likeness (QED) is 0.0954. The smallest absolute Gasteiger partial charge is 0.402 e. The van der Waals surface area contributed by atoms with E-state index in [1.165, 1.54) is 0 Å². The normalized spacial score (nSPS) is 10.6. The monoisotopic (exact) mass is 658 g/mol. The molecule has 4 rings (SSSR count). The molecule has 4 aromatic rings. The van der Waals surface area contributed by atoms with Gasteiger partial charge in [-0.15, -0.1) is 0 Å².